The maximum Gasteiger partial charge on any atom is 0.308 e. The number of ether oxygens (including phenoxy) is 1. The van der Waals surface area contributed by atoms with Crippen molar-refractivity contribution in [3.05, 3.63) is 36.5 Å². The maximum atomic E-state index is 11.6. The van der Waals surface area contributed by atoms with E-state index in [9.17, 15) is 4.79 Å². The van der Waals surface area contributed by atoms with E-state index in [1.807, 2.05) is 41.0 Å². The number of benzene rings is 1. The smallest absolute Gasteiger partial charge is 0.308 e. The second-order valence-corrected chi connectivity index (χ2v) is 6.82. The van der Waals surface area contributed by atoms with Crippen LogP contribution in [0.1, 0.15) is 12.8 Å². The molecule has 0 saturated carbocycles. The third-order valence-electron chi connectivity index (χ3n) is 4.40. The van der Waals surface area contributed by atoms with Gasteiger partial charge in [-0.25, -0.2) is 9.50 Å². The number of carbonyl (C=O) groups excluding carboxylic acids is 1. The molecule has 1 aliphatic rings. The highest BCUT2D eigenvalue weighted by molar-refractivity contribution is 7.20. The Morgan fingerprint density at radius 1 is 1.25 bits per heavy atom. The van der Waals surface area contributed by atoms with Gasteiger partial charge in [-0.3, -0.25) is 4.79 Å². The van der Waals surface area contributed by atoms with E-state index >= 15 is 0 Å². The van der Waals surface area contributed by atoms with Crippen molar-refractivity contribution in [2.24, 2.45) is 5.92 Å². The molecule has 1 saturated heterocycles. The first-order chi connectivity index (χ1) is 11.7. The largest absolute Gasteiger partial charge is 0.469 e. The van der Waals surface area contributed by atoms with E-state index in [2.05, 4.69) is 15.0 Å². The Morgan fingerprint density at radius 2 is 2.00 bits per heavy atom. The first-order valence-corrected chi connectivity index (χ1v) is 8.80. The number of methoxy groups -OCH3 is 1. The van der Waals surface area contributed by atoms with Crippen molar-refractivity contribution in [2.45, 2.75) is 12.8 Å². The van der Waals surface area contributed by atoms with Gasteiger partial charge in [-0.1, -0.05) is 41.7 Å². The van der Waals surface area contributed by atoms with Crippen molar-refractivity contribution in [1.29, 1.82) is 0 Å². The molecule has 0 bridgehead atoms. The van der Waals surface area contributed by atoms with Gasteiger partial charge in [0.1, 0.15) is 0 Å². The van der Waals surface area contributed by atoms with Crippen molar-refractivity contribution in [3.8, 4) is 11.3 Å². The second kappa shape index (κ2) is 6.24. The third kappa shape index (κ3) is 2.75. The standard InChI is InChI=1S/C17H18N4O2S/c1-23-15(22)13-7-9-20(10-8-13)17-19-21-11-14(18-16(21)24-17)12-5-3-2-4-6-12/h2-6,11,13H,7-10H2,1H3. The Balaban J connectivity index is 1.51. The molecule has 24 heavy (non-hydrogen) atoms. The summed E-state index contributed by atoms with van der Waals surface area (Å²) in [7, 11) is 1.45. The number of carbonyl (C=O) groups is 1. The predicted molar refractivity (Wildman–Crippen MR) is 93.3 cm³/mol. The van der Waals surface area contributed by atoms with Crippen LogP contribution in [0.2, 0.25) is 0 Å². The lowest BCUT2D eigenvalue weighted by atomic mass is 9.97. The summed E-state index contributed by atoms with van der Waals surface area (Å²) in [6.07, 6.45) is 3.58. The van der Waals surface area contributed by atoms with Gasteiger partial charge in [-0.2, -0.15) is 0 Å². The van der Waals surface area contributed by atoms with Gasteiger partial charge in [0.2, 0.25) is 10.1 Å². The van der Waals surface area contributed by atoms with E-state index in [4.69, 9.17) is 4.74 Å². The molecule has 3 heterocycles. The zero-order valence-electron chi connectivity index (χ0n) is 13.4. The van der Waals surface area contributed by atoms with Gasteiger partial charge in [-0.15, -0.1) is 5.10 Å². The van der Waals surface area contributed by atoms with Gasteiger partial charge in [0.25, 0.3) is 0 Å². The van der Waals surface area contributed by atoms with Gasteiger partial charge >= 0.3 is 5.97 Å². The van der Waals surface area contributed by atoms with Crippen LogP contribution in [0.15, 0.2) is 36.5 Å². The van der Waals surface area contributed by atoms with Crippen LogP contribution in [-0.4, -0.2) is 40.8 Å². The van der Waals surface area contributed by atoms with Gasteiger partial charge in [0.15, 0.2) is 0 Å². The molecule has 1 fully saturated rings. The van der Waals surface area contributed by atoms with Crippen molar-refractivity contribution >= 4 is 27.4 Å². The Morgan fingerprint density at radius 3 is 2.67 bits per heavy atom. The summed E-state index contributed by atoms with van der Waals surface area (Å²) in [5.41, 5.74) is 2.03. The van der Waals surface area contributed by atoms with Gasteiger partial charge in [0, 0.05) is 18.7 Å². The molecular formula is C17H18N4O2S. The van der Waals surface area contributed by atoms with Crippen molar-refractivity contribution < 1.29 is 9.53 Å². The first kappa shape index (κ1) is 15.1. The van der Waals surface area contributed by atoms with Crippen LogP contribution >= 0.6 is 11.3 Å². The second-order valence-electron chi connectivity index (χ2n) is 5.89. The highest BCUT2D eigenvalue weighted by Gasteiger charge is 2.27. The highest BCUT2D eigenvalue weighted by atomic mass is 32.1. The molecule has 0 aliphatic carbocycles. The molecule has 0 atom stereocenters. The third-order valence-corrected chi connectivity index (χ3v) is 5.39. The zero-order valence-corrected chi connectivity index (χ0v) is 14.2. The summed E-state index contributed by atoms with van der Waals surface area (Å²) in [4.78, 5) is 19.4. The van der Waals surface area contributed by atoms with Crippen LogP contribution in [0.3, 0.4) is 0 Å². The molecule has 124 valence electrons. The lowest BCUT2D eigenvalue weighted by Gasteiger charge is -2.29. The Bertz CT molecular complexity index is 818. The molecule has 2 aromatic heterocycles. The summed E-state index contributed by atoms with van der Waals surface area (Å²) in [6.45, 7) is 1.64. The number of esters is 1. The molecule has 3 aromatic rings. The Kier molecular flexibility index (Phi) is 3.93. The Labute approximate surface area is 143 Å². The fourth-order valence-electron chi connectivity index (χ4n) is 3.04. The molecule has 0 spiro atoms. The van der Waals surface area contributed by atoms with Crippen LogP contribution in [0.25, 0.3) is 16.2 Å². The fraction of sp³-hybridized carbons (Fsp3) is 0.353. The predicted octanol–water partition coefficient (Wildman–Crippen LogP) is 2.85. The van der Waals surface area contributed by atoms with Crippen LogP contribution < -0.4 is 4.90 Å². The summed E-state index contributed by atoms with van der Waals surface area (Å²) in [5.74, 6) is -0.0870. The number of hydrogen-bond donors (Lipinski definition) is 0. The summed E-state index contributed by atoms with van der Waals surface area (Å²) >= 11 is 1.59. The van der Waals surface area contributed by atoms with Crippen LogP contribution in [0.5, 0.6) is 0 Å². The molecular weight excluding hydrogens is 324 g/mol. The van der Waals surface area contributed by atoms with Crippen LogP contribution in [-0.2, 0) is 9.53 Å². The van der Waals surface area contributed by atoms with E-state index in [0.717, 1.165) is 47.3 Å². The van der Waals surface area contributed by atoms with Gasteiger partial charge in [-0.05, 0) is 12.8 Å². The molecule has 4 rings (SSSR count). The van der Waals surface area contributed by atoms with E-state index in [1.165, 1.54) is 7.11 Å². The number of fused-ring (bicyclic) bond motifs is 1. The summed E-state index contributed by atoms with van der Waals surface area (Å²) in [6, 6.07) is 10.1. The summed E-state index contributed by atoms with van der Waals surface area (Å²) < 4.78 is 6.68. The van der Waals surface area contributed by atoms with E-state index in [-0.39, 0.29) is 11.9 Å². The van der Waals surface area contributed by atoms with E-state index < -0.39 is 0 Å². The van der Waals surface area contributed by atoms with E-state index in [1.54, 1.807) is 11.3 Å². The van der Waals surface area contributed by atoms with E-state index in [0.29, 0.717) is 0 Å². The molecule has 6 nitrogen and oxygen atoms in total. The topological polar surface area (TPSA) is 59.7 Å². The number of aromatic nitrogens is 3. The van der Waals surface area contributed by atoms with Crippen LogP contribution in [0.4, 0.5) is 5.13 Å². The highest BCUT2D eigenvalue weighted by Crippen LogP contribution is 2.29. The molecule has 0 unspecified atom stereocenters. The van der Waals surface area contributed by atoms with Crippen molar-refractivity contribution in [3.63, 3.8) is 0 Å². The number of hydrogen-bond acceptors (Lipinski definition) is 6. The van der Waals surface area contributed by atoms with Crippen molar-refractivity contribution in [1.82, 2.24) is 14.6 Å². The van der Waals surface area contributed by atoms with Gasteiger partial charge < -0.3 is 9.64 Å². The minimum absolute atomic E-state index is 0.0139. The van der Waals surface area contributed by atoms with Crippen LogP contribution in [0, 0.1) is 5.92 Å². The normalized spacial score (nSPS) is 15.8. The number of rotatable bonds is 3. The SMILES string of the molecule is COC(=O)C1CCN(c2nn3cc(-c4ccccc4)nc3s2)CC1. The number of nitrogens with zero attached hydrogens (tertiary/aromatic N) is 4. The lowest BCUT2D eigenvalue weighted by Crippen LogP contribution is -2.36. The Hall–Kier alpha value is -2.41. The minimum atomic E-state index is -0.101. The molecule has 0 radical (unpaired) electrons. The van der Waals surface area contributed by atoms with Gasteiger partial charge in [0.05, 0.1) is 24.9 Å². The summed E-state index contributed by atoms with van der Waals surface area (Å²) in [5, 5.41) is 5.61. The molecule has 0 N–H and O–H groups in total. The number of imidazole rings is 1. The molecule has 0 amide bonds. The number of anilines is 1. The number of piperidine rings is 1. The fourth-order valence-corrected chi connectivity index (χ4v) is 3.97. The minimum Gasteiger partial charge on any atom is -0.469 e. The molecule has 1 aliphatic heterocycles. The zero-order chi connectivity index (χ0) is 16.5. The molecule has 7 heteroatoms. The lowest BCUT2D eigenvalue weighted by molar-refractivity contribution is -0.146. The first-order valence-electron chi connectivity index (χ1n) is 7.99. The monoisotopic (exact) mass is 342 g/mol. The maximum absolute atomic E-state index is 11.6. The quantitative estimate of drug-likeness (QED) is 0.685. The average molecular weight is 342 g/mol. The molecule has 1 aromatic carbocycles. The van der Waals surface area contributed by atoms with Crippen molar-refractivity contribution in [2.75, 3.05) is 25.1 Å². The average Bonchev–Trinajstić information content (AvgIpc) is 3.21.